The molecule has 1 amide bonds. The van der Waals surface area contributed by atoms with E-state index in [0.717, 1.165) is 32.7 Å². The molecule has 4 aromatic rings. The third kappa shape index (κ3) is 2.58. The summed E-state index contributed by atoms with van der Waals surface area (Å²) in [5, 5.41) is 5.51. The second kappa shape index (κ2) is 6.31. The molecule has 1 atom stereocenters. The Morgan fingerprint density at radius 2 is 1.89 bits per heavy atom. The number of aromatic nitrogens is 1. The van der Waals surface area contributed by atoms with Crippen molar-refractivity contribution in [1.29, 1.82) is 0 Å². The first-order chi connectivity index (χ1) is 13.5. The number of benzene rings is 3. The molecular formula is C23H17BrN2O2. The molecule has 5 heteroatoms. The van der Waals surface area contributed by atoms with Crippen molar-refractivity contribution in [2.45, 2.75) is 19.4 Å². The van der Waals surface area contributed by atoms with E-state index in [0.29, 0.717) is 11.1 Å². The van der Waals surface area contributed by atoms with Gasteiger partial charge < -0.3 is 9.88 Å². The molecule has 0 aliphatic carbocycles. The number of pyridine rings is 1. The lowest BCUT2D eigenvalue weighted by atomic mass is 10.1. The minimum atomic E-state index is -0.382. The van der Waals surface area contributed by atoms with Gasteiger partial charge in [0.05, 0.1) is 5.52 Å². The zero-order chi connectivity index (χ0) is 19.4. The van der Waals surface area contributed by atoms with Crippen LogP contribution in [-0.4, -0.2) is 10.5 Å². The molecule has 0 spiro atoms. The summed E-state index contributed by atoms with van der Waals surface area (Å²) in [6.45, 7) is 2.10. The van der Waals surface area contributed by atoms with Crippen molar-refractivity contribution in [3.8, 4) is 0 Å². The molecule has 4 nitrogen and oxygen atoms in total. The quantitative estimate of drug-likeness (QED) is 0.467. The van der Waals surface area contributed by atoms with Crippen LogP contribution in [0.5, 0.6) is 0 Å². The number of nitrogens with one attached hydrogen (secondary N) is 1. The number of rotatable bonds is 2. The van der Waals surface area contributed by atoms with Crippen molar-refractivity contribution in [1.82, 2.24) is 4.57 Å². The van der Waals surface area contributed by atoms with Crippen LogP contribution < -0.4 is 10.7 Å². The Morgan fingerprint density at radius 3 is 2.75 bits per heavy atom. The highest BCUT2D eigenvalue weighted by molar-refractivity contribution is 9.10. The predicted octanol–water partition coefficient (Wildman–Crippen LogP) is 5.29. The Kier molecular flexibility index (Phi) is 3.88. The highest BCUT2D eigenvalue weighted by Gasteiger charge is 2.25. The van der Waals surface area contributed by atoms with Gasteiger partial charge >= 0.3 is 0 Å². The van der Waals surface area contributed by atoms with Gasteiger partial charge in [0.1, 0.15) is 5.56 Å². The third-order valence-electron chi connectivity index (χ3n) is 5.44. The molecule has 28 heavy (non-hydrogen) atoms. The first-order valence-electron chi connectivity index (χ1n) is 9.19. The van der Waals surface area contributed by atoms with Crippen molar-refractivity contribution in [2.24, 2.45) is 0 Å². The second-order valence-electron chi connectivity index (χ2n) is 7.27. The van der Waals surface area contributed by atoms with Gasteiger partial charge in [0.25, 0.3) is 5.91 Å². The van der Waals surface area contributed by atoms with Gasteiger partial charge in [0, 0.05) is 33.2 Å². The van der Waals surface area contributed by atoms with E-state index in [1.807, 2.05) is 48.5 Å². The number of fused-ring (bicyclic) bond motifs is 1. The minimum absolute atomic E-state index is 0.165. The summed E-state index contributed by atoms with van der Waals surface area (Å²) in [5.41, 5.74) is 2.70. The fourth-order valence-electron chi connectivity index (χ4n) is 4.15. The van der Waals surface area contributed by atoms with Crippen LogP contribution in [0.1, 0.15) is 28.9 Å². The lowest BCUT2D eigenvalue weighted by Crippen LogP contribution is -2.24. The standard InChI is InChI=1S/C23H17BrN2O2/c1-13-9-15-10-16(24)11-18-21(15)26(13)12-19(22(18)27)23(28)25-20-8-4-6-14-5-2-3-7-17(14)20/h2-8,10-13H,9H2,1H3,(H,25,28)/t13-/m1/s1. The summed E-state index contributed by atoms with van der Waals surface area (Å²) < 4.78 is 2.91. The molecule has 138 valence electrons. The van der Waals surface area contributed by atoms with Gasteiger partial charge in [-0.1, -0.05) is 52.3 Å². The summed E-state index contributed by atoms with van der Waals surface area (Å²) >= 11 is 3.50. The van der Waals surface area contributed by atoms with Crippen LogP contribution in [0.3, 0.4) is 0 Å². The van der Waals surface area contributed by atoms with Crippen LogP contribution in [0.2, 0.25) is 0 Å². The molecule has 0 fully saturated rings. The van der Waals surface area contributed by atoms with Crippen molar-refractivity contribution in [3.63, 3.8) is 0 Å². The van der Waals surface area contributed by atoms with Gasteiger partial charge in [0.2, 0.25) is 5.43 Å². The molecule has 5 rings (SSSR count). The van der Waals surface area contributed by atoms with E-state index in [1.165, 1.54) is 0 Å². The zero-order valence-electron chi connectivity index (χ0n) is 15.2. The fraction of sp³-hybridized carbons (Fsp3) is 0.130. The monoisotopic (exact) mass is 432 g/mol. The normalized spacial score (nSPS) is 15.3. The van der Waals surface area contributed by atoms with E-state index >= 15 is 0 Å². The molecule has 0 radical (unpaired) electrons. The maximum absolute atomic E-state index is 13.1. The molecule has 1 aliphatic heterocycles. The highest BCUT2D eigenvalue weighted by Crippen LogP contribution is 2.33. The van der Waals surface area contributed by atoms with E-state index in [1.54, 1.807) is 6.20 Å². The van der Waals surface area contributed by atoms with E-state index in [-0.39, 0.29) is 22.9 Å². The molecule has 0 unspecified atom stereocenters. The summed E-state index contributed by atoms with van der Waals surface area (Å²) in [5.74, 6) is -0.382. The number of nitrogens with zero attached hydrogens (tertiary/aromatic N) is 1. The minimum Gasteiger partial charge on any atom is -0.343 e. The first-order valence-corrected chi connectivity index (χ1v) is 9.98. The van der Waals surface area contributed by atoms with Gasteiger partial charge in [-0.15, -0.1) is 0 Å². The maximum Gasteiger partial charge on any atom is 0.261 e. The number of hydrogen-bond acceptors (Lipinski definition) is 2. The average molecular weight is 433 g/mol. The zero-order valence-corrected chi connectivity index (χ0v) is 16.8. The second-order valence-corrected chi connectivity index (χ2v) is 8.19. The number of hydrogen-bond donors (Lipinski definition) is 1. The van der Waals surface area contributed by atoms with Crippen molar-refractivity contribution in [2.75, 3.05) is 5.32 Å². The van der Waals surface area contributed by atoms with Gasteiger partial charge in [-0.05, 0) is 42.5 Å². The Balaban J connectivity index is 1.65. The Morgan fingerprint density at radius 1 is 1.11 bits per heavy atom. The molecule has 2 heterocycles. The Hall–Kier alpha value is -2.92. The van der Waals surface area contributed by atoms with Gasteiger partial charge in [-0.2, -0.15) is 0 Å². The summed E-state index contributed by atoms with van der Waals surface area (Å²) in [4.78, 5) is 26.2. The molecule has 1 aliphatic rings. The number of anilines is 1. The molecule has 0 bridgehead atoms. The number of halogens is 1. The third-order valence-corrected chi connectivity index (χ3v) is 5.90. The molecule has 1 aromatic heterocycles. The smallest absolute Gasteiger partial charge is 0.261 e. The van der Waals surface area contributed by atoms with Crippen LogP contribution in [-0.2, 0) is 6.42 Å². The predicted molar refractivity (Wildman–Crippen MR) is 116 cm³/mol. The lowest BCUT2D eigenvalue weighted by molar-refractivity contribution is 0.102. The number of carbonyl (C=O) groups is 1. The Bertz CT molecular complexity index is 1330. The molecule has 3 aromatic carbocycles. The summed E-state index contributed by atoms with van der Waals surface area (Å²) in [6, 6.07) is 17.7. The Labute approximate surface area is 169 Å². The van der Waals surface area contributed by atoms with Crippen LogP contribution in [0.15, 0.2) is 70.1 Å². The van der Waals surface area contributed by atoms with Crippen molar-refractivity contribution >= 4 is 49.2 Å². The SMILES string of the molecule is C[C@@H]1Cc2cc(Br)cc3c(=O)c(C(=O)Nc4cccc5ccccc45)cn1c23. The fourth-order valence-corrected chi connectivity index (χ4v) is 4.65. The van der Waals surface area contributed by atoms with E-state index in [9.17, 15) is 9.59 Å². The average Bonchev–Trinajstić information content (AvgIpc) is 2.99. The van der Waals surface area contributed by atoms with Crippen LogP contribution in [0.25, 0.3) is 21.7 Å². The van der Waals surface area contributed by atoms with Gasteiger partial charge in [0.15, 0.2) is 0 Å². The lowest BCUT2D eigenvalue weighted by Gasteiger charge is -2.13. The van der Waals surface area contributed by atoms with Crippen molar-refractivity contribution < 1.29 is 4.79 Å². The van der Waals surface area contributed by atoms with Crippen molar-refractivity contribution in [3.05, 3.63) is 86.6 Å². The first kappa shape index (κ1) is 17.2. The number of carbonyl (C=O) groups excluding carboxylic acids is 1. The molecular weight excluding hydrogens is 416 g/mol. The number of amides is 1. The van der Waals surface area contributed by atoms with E-state index in [2.05, 4.69) is 38.8 Å². The highest BCUT2D eigenvalue weighted by atomic mass is 79.9. The summed E-state index contributed by atoms with van der Waals surface area (Å²) in [6.07, 6.45) is 2.56. The van der Waals surface area contributed by atoms with E-state index < -0.39 is 0 Å². The van der Waals surface area contributed by atoms with E-state index in [4.69, 9.17) is 0 Å². The van der Waals surface area contributed by atoms with Crippen LogP contribution in [0, 0.1) is 0 Å². The maximum atomic E-state index is 13.1. The van der Waals surface area contributed by atoms with Crippen LogP contribution >= 0.6 is 15.9 Å². The van der Waals surface area contributed by atoms with Gasteiger partial charge in [-0.3, -0.25) is 9.59 Å². The largest absolute Gasteiger partial charge is 0.343 e. The van der Waals surface area contributed by atoms with Gasteiger partial charge in [-0.25, -0.2) is 0 Å². The summed E-state index contributed by atoms with van der Waals surface area (Å²) in [7, 11) is 0. The topological polar surface area (TPSA) is 51.1 Å². The molecule has 0 saturated heterocycles. The molecule has 1 N–H and O–H groups in total. The molecule has 0 saturated carbocycles. The van der Waals surface area contributed by atoms with Crippen LogP contribution in [0.4, 0.5) is 5.69 Å².